The van der Waals surface area contributed by atoms with Gasteiger partial charge in [-0.2, -0.15) is 0 Å². The summed E-state index contributed by atoms with van der Waals surface area (Å²) in [6.07, 6.45) is 1.96. The van der Waals surface area contributed by atoms with Gasteiger partial charge in [0.15, 0.2) is 0 Å². The molecule has 2 aliphatic heterocycles. The summed E-state index contributed by atoms with van der Waals surface area (Å²) in [5.41, 5.74) is 3.75. The number of hydrogen-bond donors (Lipinski definition) is 0. The summed E-state index contributed by atoms with van der Waals surface area (Å²) in [7, 11) is 1.65. The minimum absolute atomic E-state index is 0.0302. The number of ether oxygens (including phenoxy) is 1. The van der Waals surface area contributed by atoms with Crippen molar-refractivity contribution in [3.05, 3.63) is 101 Å². The maximum absolute atomic E-state index is 14.4. The molecule has 0 aromatic heterocycles. The third-order valence-corrected chi connectivity index (χ3v) is 7.95. The molecule has 3 aliphatic rings. The van der Waals surface area contributed by atoms with Crippen molar-refractivity contribution in [2.75, 3.05) is 33.3 Å². The minimum atomic E-state index is -0.442. The molecule has 3 aromatic carbocycles. The quantitative estimate of drug-likeness (QED) is 0.506. The van der Waals surface area contributed by atoms with Crippen LogP contribution in [0.1, 0.15) is 51.8 Å². The highest BCUT2D eigenvalue weighted by atomic mass is 16.5. The molecule has 1 aliphatic carbocycles. The van der Waals surface area contributed by atoms with Crippen LogP contribution in [0, 0.1) is 0 Å². The van der Waals surface area contributed by atoms with Crippen LogP contribution >= 0.6 is 0 Å². The molecule has 2 heterocycles. The van der Waals surface area contributed by atoms with Crippen molar-refractivity contribution >= 4 is 11.8 Å². The normalized spacial score (nSPS) is 22.0. The zero-order chi connectivity index (χ0) is 25.4. The van der Waals surface area contributed by atoms with E-state index in [4.69, 9.17) is 4.74 Å². The Morgan fingerprint density at radius 2 is 1.62 bits per heavy atom. The van der Waals surface area contributed by atoms with E-state index in [-0.39, 0.29) is 23.9 Å². The van der Waals surface area contributed by atoms with Crippen molar-refractivity contribution in [3.8, 4) is 5.75 Å². The Hall–Kier alpha value is -3.64. The Morgan fingerprint density at radius 1 is 0.892 bits per heavy atom. The first-order chi connectivity index (χ1) is 18.1. The zero-order valence-electron chi connectivity index (χ0n) is 21.3. The van der Waals surface area contributed by atoms with Gasteiger partial charge in [-0.05, 0) is 47.7 Å². The average Bonchev–Trinajstić information content (AvgIpc) is 3.79. The molecule has 3 aromatic rings. The van der Waals surface area contributed by atoms with Crippen LogP contribution in [-0.2, 0) is 11.3 Å². The molecule has 2 atom stereocenters. The van der Waals surface area contributed by atoms with E-state index in [0.29, 0.717) is 18.7 Å². The van der Waals surface area contributed by atoms with Gasteiger partial charge in [0.05, 0.1) is 19.1 Å². The molecule has 0 spiro atoms. The fraction of sp³-hybridized carbons (Fsp3) is 0.355. The number of hydrogen-bond acceptors (Lipinski definition) is 4. The fourth-order valence-electron chi connectivity index (χ4n) is 5.92. The van der Waals surface area contributed by atoms with Gasteiger partial charge < -0.3 is 14.5 Å². The summed E-state index contributed by atoms with van der Waals surface area (Å²) in [5.74, 6) is 0.433. The summed E-state index contributed by atoms with van der Waals surface area (Å²) in [5, 5.41) is 0. The summed E-state index contributed by atoms with van der Waals surface area (Å²) in [4.78, 5) is 34.5. The topological polar surface area (TPSA) is 53.1 Å². The summed E-state index contributed by atoms with van der Waals surface area (Å²) < 4.78 is 5.52. The number of carbonyl (C=O) groups excluding carboxylic acids is 2. The number of rotatable bonds is 6. The van der Waals surface area contributed by atoms with Crippen LogP contribution < -0.4 is 4.74 Å². The summed E-state index contributed by atoms with van der Waals surface area (Å²) >= 11 is 0. The lowest BCUT2D eigenvalue weighted by Gasteiger charge is -2.45. The molecule has 2 amide bonds. The second kappa shape index (κ2) is 10.0. The smallest absolute Gasteiger partial charge is 0.254 e. The van der Waals surface area contributed by atoms with Gasteiger partial charge in [-0.1, -0.05) is 60.7 Å². The highest BCUT2D eigenvalue weighted by Crippen LogP contribution is 2.48. The Morgan fingerprint density at radius 3 is 2.35 bits per heavy atom. The van der Waals surface area contributed by atoms with Gasteiger partial charge in [-0.15, -0.1) is 0 Å². The number of carbonyl (C=O) groups is 2. The molecule has 6 heteroatoms. The SMILES string of the molecule is COc1cccc([C@H]2[C@@H](C(=O)N3CCN(Cc4ccccc4)CC3)c3ccccc3C(=O)N2C2CC2)c1. The first kappa shape index (κ1) is 23.7. The Labute approximate surface area is 218 Å². The first-order valence-electron chi connectivity index (χ1n) is 13.2. The molecule has 2 fully saturated rings. The lowest BCUT2D eigenvalue weighted by molar-refractivity contribution is -0.136. The van der Waals surface area contributed by atoms with E-state index in [0.717, 1.165) is 49.4 Å². The van der Waals surface area contributed by atoms with E-state index < -0.39 is 5.92 Å². The third-order valence-electron chi connectivity index (χ3n) is 7.95. The van der Waals surface area contributed by atoms with Crippen molar-refractivity contribution in [3.63, 3.8) is 0 Å². The maximum atomic E-state index is 14.4. The van der Waals surface area contributed by atoms with E-state index in [2.05, 4.69) is 29.2 Å². The van der Waals surface area contributed by atoms with Crippen LogP contribution in [0.3, 0.4) is 0 Å². The van der Waals surface area contributed by atoms with E-state index in [1.807, 2.05) is 64.4 Å². The molecular formula is C31H33N3O3. The number of amides is 2. The van der Waals surface area contributed by atoms with E-state index in [9.17, 15) is 9.59 Å². The van der Waals surface area contributed by atoms with Crippen LogP contribution in [0.4, 0.5) is 0 Å². The molecule has 0 bridgehead atoms. The molecule has 6 nitrogen and oxygen atoms in total. The Bertz CT molecular complexity index is 1280. The highest BCUT2D eigenvalue weighted by Gasteiger charge is 2.50. The van der Waals surface area contributed by atoms with Crippen molar-refractivity contribution < 1.29 is 14.3 Å². The van der Waals surface area contributed by atoms with Gasteiger partial charge in [0.1, 0.15) is 5.75 Å². The van der Waals surface area contributed by atoms with Crippen LogP contribution in [0.25, 0.3) is 0 Å². The number of piperazine rings is 1. The highest BCUT2D eigenvalue weighted by molar-refractivity contribution is 6.01. The van der Waals surface area contributed by atoms with Gasteiger partial charge in [0.25, 0.3) is 5.91 Å². The number of methoxy groups -OCH3 is 1. The Kier molecular flexibility index (Phi) is 6.43. The lowest BCUT2D eigenvalue weighted by atomic mass is 9.78. The van der Waals surface area contributed by atoms with Crippen LogP contribution in [0.2, 0.25) is 0 Å². The molecule has 37 heavy (non-hydrogen) atoms. The maximum Gasteiger partial charge on any atom is 0.254 e. The molecule has 6 rings (SSSR count). The molecular weight excluding hydrogens is 462 g/mol. The first-order valence-corrected chi connectivity index (χ1v) is 13.2. The lowest BCUT2D eigenvalue weighted by Crippen LogP contribution is -2.53. The monoisotopic (exact) mass is 495 g/mol. The predicted octanol–water partition coefficient (Wildman–Crippen LogP) is 4.48. The van der Waals surface area contributed by atoms with Crippen molar-refractivity contribution in [2.45, 2.75) is 37.4 Å². The second-order valence-corrected chi connectivity index (χ2v) is 10.3. The van der Waals surface area contributed by atoms with E-state index >= 15 is 0 Å². The Balaban J connectivity index is 1.32. The van der Waals surface area contributed by atoms with Crippen LogP contribution in [-0.4, -0.2) is 65.8 Å². The molecule has 0 radical (unpaired) electrons. The third kappa shape index (κ3) is 4.62. The molecule has 0 N–H and O–H groups in total. The minimum Gasteiger partial charge on any atom is -0.497 e. The second-order valence-electron chi connectivity index (χ2n) is 10.3. The molecule has 1 saturated heterocycles. The van der Waals surface area contributed by atoms with Gasteiger partial charge in [-0.3, -0.25) is 14.5 Å². The van der Waals surface area contributed by atoms with Gasteiger partial charge in [0.2, 0.25) is 5.91 Å². The number of nitrogens with zero attached hydrogens (tertiary/aromatic N) is 3. The summed E-state index contributed by atoms with van der Waals surface area (Å²) in [6, 6.07) is 25.9. The van der Waals surface area contributed by atoms with Crippen molar-refractivity contribution in [2.24, 2.45) is 0 Å². The summed E-state index contributed by atoms with van der Waals surface area (Å²) in [6.45, 7) is 3.94. The van der Waals surface area contributed by atoms with Gasteiger partial charge >= 0.3 is 0 Å². The van der Waals surface area contributed by atoms with Crippen molar-refractivity contribution in [1.82, 2.24) is 14.7 Å². The molecule has 1 saturated carbocycles. The largest absolute Gasteiger partial charge is 0.497 e. The predicted molar refractivity (Wildman–Crippen MR) is 142 cm³/mol. The van der Waals surface area contributed by atoms with Gasteiger partial charge in [0, 0.05) is 44.3 Å². The molecule has 0 unspecified atom stereocenters. The zero-order valence-corrected chi connectivity index (χ0v) is 21.3. The van der Waals surface area contributed by atoms with Crippen LogP contribution in [0.15, 0.2) is 78.9 Å². The van der Waals surface area contributed by atoms with E-state index in [1.165, 1.54) is 5.56 Å². The molecule has 190 valence electrons. The number of fused-ring (bicyclic) bond motifs is 1. The average molecular weight is 496 g/mol. The number of benzene rings is 3. The fourth-order valence-corrected chi connectivity index (χ4v) is 5.92. The standard InChI is InChI=1S/C31H33N3O3/c1-37-25-11-7-10-23(20-25)29-28(26-12-5-6-13-27(26)30(35)34(29)24-14-15-24)31(36)33-18-16-32(17-19-33)21-22-8-3-2-4-9-22/h2-13,20,24,28-29H,14-19,21H2,1H3/t28-,29-/m0/s1. The van der Waals surface area contributed by atoms with Crippen molar-refractivity contribution in [1.29, 1.82) is 0 Å². The van der Waals surface area contributed by atoms with Crippen LogP contribution in [0.5, 0.6) is 5.75 Å². The van der Waals surface area contributed by atoms with Gasteiger partial charge in [-0.25, -0.2) is 0 Å². The van der Waals surface area contributed by atoms with E-state index in [1.54, 1.807) is 7.11 Å².